The lowest BCUT2D eigenvalue weighted by Gasteiger charge is -2.37. The molecule has 1 amide bonds. The molecule has 0 spiro atoms. The van der Waals surface area contributed by atoms with Crippen molar-refractivity contribution in [3.8, 4) is 11.3 Å². The van der Waals surface area contributed by atoms with Crippen LogP contribution in [0, 0.1) is 11.2 Å². The maximum absolute atomic E-state index is 13.2. The van der Waals surface area contributed by atoms with Crippen molar-refractivity contribution in [2.75, 3.05) is 0 Å². The van der Waals surface area contributed by atoms with Crippen molar-refractivity contribution in [3.63, 3.8) is 0 Å². The van der Waals surface area contributed by atoms with E-state index in [2.05, 4.69) is 15.0 Å². The van der Waals surface area contributed by atoms with Crippen LogP contribution < -0.4 is 10.0 Å². The topological polar surface area (TPSA) is 101 Å². The normalized spacial score (nSPS) is 21.7. The van der Waals surface area contributed by atoms with E-state index in [1.54, 1.807) is 36.4 Å². The van der Waals surface area contributed by atoms with E-state index in [4.69, 9.17) is 4.42 Å². The fraction of sp³-hybridized carbons (Fsp3) is 0.360. The highest BCUT2D eigenvalue weighted by molar-refractivity contribution is 7.89. The van der Waals surface area contributed by atoms with Gasteiger partial charge in [0, 0.05) is 17.0 Å². The summed E-state index contributed by atoms with van der Waals surface area (Å²) in [7, 11) is -3.69. The molecule has 1 aromatic heterocycles. The van der Waals surface area contributed by atoms with Crippen molar-refractivity contribution in [3.05, 3.63) is 72.6 Å². The second-order valence-electron chi connectivity index (χ2n) is 9.10. The van der Waals surface area contributed by atoms with Gasteiger partial charge in [0.05, 0.1) is 10.9 Å². The zero-order valence-corrected chi connectivity index (χ0v) is 19.9. The maximum Gasteiger partial charge on any atom is 0.240 e. The van der Waals surface area contributed by atoms with Crippen LogP contribution in [0.3, 0.4) is 0 Å². The summed E-state index contributed by atoms with van der Waals surface area (Å²) in [5.41, 5.74) is 1.64. The molecule has 0 unspecified atom stereocenters. The first-order valence-electron chi connectivity index (χ1n) is 11.2. The first-order chi connectivity index (χ1) is 16.2. The number of rotatable bonds is 7. The van der Waals surface area contributed by atoms with E-state index in [-0.39, 0.29) is 28.7 Å². The zero-order chi connectivity index (χ0) is 24.3. The third-order valence-electron chi connectivity index (χ3n) is 6.57. The van der Waals surface area contributed by atoms with Gasteiger partial charge in [-0.3, -0.25) is 4.79 Å². The highest BCUT2D eigenvalue weighted by Gasteiger charge is 2.39. The number of hydrogen-bond donors (Lipinski definition) is 2. The standard InChI is InChI=1S/C25H28FN3O4S/c1-17(18-3-7-20(26)8-4-18)28-24(30)25(2)13-11-21(12-14-25)29-34(31,32)22-9-5-19(6-10-22)23-15-33-16-27-23/h3-10,15-17,21,29H,11-14H2,1-2H3,(H,28,30)/t17-,21?,25?/m1/s1. The second-order valence-corrected chi connectivity index (χ2v) is 10.8. The van der Waals surface area contributed by atoms with Crippen molar-refractivity contribution in [2.45, 2.75) is 56.5 Å². The third kappa shape index (κ3) is 5.37. The van der Waals surface area contributed by atoms with Crippen LogP contribution in [0.1, 0.15) is 51.1 Å². The molecule has 1 saturated carbocycles. The molecule has 1 atom stereocenters. The zero-order valence-electron chi connectivity index (χ0n) is 19.1. The summed E-state index contributed by atoms with van der Waals surface area (Å²) in [4.78, 5) is 17.2. The fourth-order valence-corrected chi connectivity index (χ4v) is 5.56. The predicted molar refractivity (Wildman–Crippen MR) is 126 cm³/mol. The number of sulfonamides is 1. The number of benzene rings is 2. The van der Waals surface area contributed by atoms with Crippen LogP contribution >= 0.6 is 0 Å². The molecule has 0 radical (unpaired) electrons. The Morgan fingerprint density at radius 2 is 1.76 bits per heavy atom. The van der Waals surface area contributed by atoms with Crippen molar-refractivity contribution >= 4 is 15.9 Å². The Balaban J connectivity index is 1.33. The van der Waals surface area contributed by atoms with Crippen LogP contribution in [-0.2, 0) is 14.8 Å². The predicted octanol–water partition coefficient (Wildman–Crippen LogP) is 4.59. The van der Waals surface area contributed by atoms with E-state index in [0.717, 1.165) is 11.1 Å². The molecule has 9 heteroatoms. The van der Waals surface area contributed by atoms with E-state index in [9.17, 15) is 17.6 Å². The number of nitrogens with zero attached hydrogens (tertiary/aromatic N) is 1. The van der Waals surface area contributed by atoms with Gasteiger partial charge in [0.2, 0.25) is 15.9 Å². The largest absolute Gasteiger partial charge is 0.451 e. The minimum Gasteiger partial charge on any atom is -0.451 e. The minimum absolute atomic E-state index is 0.0749. The van der Waals surface area contributed by atoms with Crippen LogP contribution in [-0.4, -0.2) is 25.4 Å². The van der Waals surface area contributed by atoms with Gasteiger partial charge in [0.1, 0.15) is 17.8 Å². The Kier molecular flexibility index (Phi) is 6.86. The molecule has 0 saturated heterocycles. The van der Waals surface area contributed by atoms with Gasteiger partial charge in [-0.15, -0.1) is 0 Å². The molecule has 180 valence electrons. The Morgan fingerprint density at radius 3 is 2.35 bits per heavy atom. The number of halogens is 1. The SMILES string of the molecule is C[C@@H](NC(=O)C1(C)CCC(NS(=O)(=O)c2ccc(-c3cocn3)cc2)CC1)c1ccc(F)cc1. The van der Waals surface area contributed by atoms with Gasteiger partial charge < -0.3 is 9.73 Å². The Hall–Kier alpha value is -3.04. The quantitative estimate of drug-likeness (QED) is 0.510. The first-order valence-corrected chi connectivity index (χ1v) is 12.7. The Labute approximate surface area is 198 Å². The lowest BCUT2D eigenvalue weighted by Crippen LogP contribution is -2.46. The summed E-state index contributed by atoms with van der Waals surface area (Å²) in [6, 6.07) is 12.1. The third-order valence-corrected chi connectivity index (χ3v) is 8.11. The highest BCUT2D eigenvalue weighted by atomic mass is 32.2. The van der Waals surface area contributed by atoms with Gasteiger partial charge in [0.25, 0.3) is 0 Å². The van der Waals surface area contributed by atoms with Gasteiger partial charge in [-0.05, 0) is 62.4 Å². The number of nitrogens with one attached hydrogen (secondary N) is 2. The van der Waals surface area contributed by atoms with Crippen LogP contribution in [0.4, 0.5) is 4.39 Å². The molecule has 1 aliphatic carbocycles. The average Bonchev–Trinajstić information content (AvgIpc) is 3.36. The summed E-state index contributed by atoms with van der Waals surface area (Å²) in [5.74, 6) is -0.394. The van der Waals surface area contributed by atoms with Crippen molar-refractivity contribution in [1.82, 2.24) is 15.0 Å². The molecule has 2 aromatic carbocycles. The molecule has 34 heavy (non-hydrogen) atoms. The number of oxazole rings is 1. The Morgan fingerprint density at radius 1 is 1.12 bits per heavy atom. The van der Waals surface area contributed by atoms with E-state index >= 15 is 0 Å². The molecule has 0 aliphatic heterocycles. The van der Waals surface area contributed by atoms with Crippen LogP contribution in [0.15, 0.2) is 70.5 Å². The molecule has 1 heterocycles. The van der Waals surface area contributed by atoms with Gasteiger partial charge >= 0.3 is 0 Å². The second kappa shape index (κ2) is 9.68. The van der Waals surface area contributed by atoms with E-state index < -0.39 is 15.4 Å². The van der Waals surface area contributed by atoms with Crippen LogP contribution in [0.25, 0.3) is 11.3 Å². The van der Waals surface area contributed by atoms with Gasteiger partial charge in [-0.25, -0.2) is 22.5 Å². The molecule has 0 bridgehead atoms. The summed E-state index contributed by atoms with van der Waals surface area (Å²) in [6.45, 7) is 3.77. The lowest BCUT2D eigenvalue weighted by atomic mass is 9.73. The minimum atomic E-state index is -3.69. The lowest BCUT2D eigenvalue weighted by molar-refractivity contribution is -0.132. The monoisotopic (exact) mass is 485 g/mol. The average molecular weight is 486 g/mol. The molecular formula is C25H28FN3O4S. The summed E-state index contributed by atoms with van der Waals surface area (Å²) in [6.07, 6.45) is 5.07. The molecule has 2 N–H and O–H groups in total. The molecule has 3 aromatic rings. The van der Waals surface area contributed by atoms with Gasteiger partial charge in [-0.1, -0.05) is 31.2 Å². The van der Waals surface area contributed by atoms with Crippen LogP contribution in [0.2, 0.25) is 0 Å². The smallest absolute Gasteiger partial charge is 0.240 e. The number of carbonyl (C=O) groups excluding carboxylic acids is 1. The molecule has 4 rings (SSSR count). The van der Waals surface area contributed by atoms with Crippen molar-refractivity contribution in [2.24, 2.45) is 5.41 Å². The number of hydrogen-bond acceptors (Lipinski definition) is 5. The molecule has 1 fully saturated rings. The summed E-state index contributed by atoms with van der Waals surface area (Å²) < 4.78 is 46.6. The van der Waals surface area contributed by atoms with E-state index in [0.29, 0.717) is 31.4 Å². The van der Waals surface area contributed by atoms with Crippen LogP contribution in [0.5, 0.6) is 0 Å². The van der Waals surface area contributed by atoms with Gasteiger partial charge in [0.15, 0.2) is 6.39 Å². The number of aromatic nitrogens is 1. The Bertz CT molecular complexity index is 1220. The van der Waals surface area contributed by atoms with Gasteiger partial charge in [-0.2, -0.15) is 0 Å². The molecular weight excluding hydrogens is 457 g/mol. The fourth-order valence-electron chi connectivity index (χ4n) is 4.25. The first kappa shape index (κ1) is 24.1. The van der Waals surface area contributed by atoms with E-state index in [1.165, 1.54) is 24.8 Å². The molecule has 7 nitrogen and oxygen atoms in total. The molecule has 1 aliphatic rings. The van der Waals surface area contributed by atoms with E-state index in [1.807, 2.05) is 13.8 Å². The maximum atomic E-state index is 13.2. The number of carbonyl (C=O) groups is 1. The summed E-state index contributed by atoms with van der Waals surface area (Å²) >= 11 is 0. The highest BCUT2D eigenvalue weighted by Crippen LogP contribution is 2.37. The number of amides is 1. The van der Waals surface area contributed by atoms with Crippen molar-refractivity contribution < 1.29 is 22.0 Å². The van der Waals surface area contributed by atoms with Crippen molar-refractivity contribution in [1.29, 1.82) is 0 Å². The summed E-state index contributed by atoms with van der Waals surface area (Å²) in [5, 5.41) is 3.02.